The van der Waals surface area contributed by atoms with Gasteiger partial charge in [0.2, 0.25) is 0 Å². The standard InChI is InChI=1S/C12H12N4S/c17-12-9-7-14-6-3-10(9)15-11(16-12)8-1-4-13-5-2-8/h1-2,4-5,14H,3,6-7H2,(H,15,16,17). The Hall–Kier alpha value is -1.59. The van der Waals surface area contributed by atoms with E-state index in [1.54, 1.807) is 12.4 Å². The zero-order valence-corrected chi connectivity index (χ0v) is 10.0. The summed E-state index contributed by atoms with van der Waals surface area (Å²) in [4.78, 5) is 11.8. The van der Waals surface area contributed by atoms with Crippen LogP contribution in [0.3, 0.4) is 0 Å². The number of H-pyrrole nitrogens is 1. The van der Waals surface area contributed by atoms with Crippen LogP contribution >= 0.6 is 12.2 Å². The Morgan fingerprint density at radius 1 is 1.24 bits per heavy atom. The smallest absolute Gasteiger partial charge is 0.139 e. The van der Waals surface area contributed by atoms with Gasteiger partial charge in [0.1, 0.15) is 10.5 Å². The van der Waals surface area contributed by atoms with Gasteiger partial charge in [-0.3, -0.25) is 4.98 Å². The van der Waals surface area contributed by atoms with Gasteiger partial charge in [-0.05, 0) is 12.1 Å². The third-order valence-electron chi connectivity index (χ3n) is 2.91. The normalized spacial score (nSPS) is 14.4. The van der Waals surface area contributed by atoms with Crippen molar-refractivity contribution in [1.82, 2.24) is 20.3 Å². The molecule has 0 aliphatic carbocycles. The molecule has 0 bridgehead atoms. The van der Waals surface area contributed by atoms with E-state index in [0.29, 0.717) is 4.64 Å². The van der Waals surface area contributed by atoms with Crippen LogP contribution in [0, 0.1) is 4.64 Å². The summed E-state index contributed by atoms with van der Waals surface area (Å²) in [5.74, 6) is 0.832. The molecule has 17 heavy (non-hydrogen) atoms. The molecule has 0 aromatic carbocycles. The maximum Gasteiger partial charge on any atom is 0.139 e. The molecule has 0 unspecified atom stereocenters. The van der Waals surface area contributed by atoms with Crippen molar-refractivity contribution < 1.29 is 0 Å². The van der Waals surface area contributed by atoms with Crippen LogP contribution in [0.25, 0.3) is 11.4 Å². The van der Waals surface area contributed by atoms with Crippen molar-refractivity contribution >= 4 is 12.2 Å². The highest BCUT2D eigenvalue weighted by Gasteiger charge is 2.13. The molecule has 2 aromatic rings. The van der Waals surface area contributed by atoms with Gasteiger partial charge in [-0.2, -0.15) is 0 Å². The number of fused-ring (bicyclic) bond motifs is 1. The van der Waals surface area contributed by atoms with E-state index in [2.05, 4.69) is 20.3 Å². The lowest BCUT2D eigenvalue weighted by Crippen LogP contribution is -2.25. The largest absolute Gasteiger partial charge is 0.343 e. The second kappa shape index (κ2) is 4.35. The zero-order chi connectivity index (χ0) is 11.7. The van der Waals surface area contributed by atoms with Gasteiger partial charge in [-0.25, -0.2) is 4.98 Å². The monoisotopic (exact) mass is 244 g/mol. The lowest BCUT2D eigenvalue weighted by molar-refractivity contribution is 0.624. The van der Waals surface area contributed by atoms with E-state index in [1.807, 2.05) is 12.1 Å². The summed E-state index contributed by atoms with van der Waals surface area (Å²) in [6.07, 6.45) is 4.49. The summed E-state index contributed by atoms with van der Waals surface area (Å²) < 4.78 is 0.692. The average Bonchev–Trinajstić information content (AvgIpc) is 2.40. The highest BCUT2D eigenvalue weighted by atomic mass is 32.1. The van der Waals surface area contributed by atoms with Gasteiger partial charge in [0, 0.05) is 48.7 Å². The molecule has 1 aliphatic heterocycles. The summed E-state index contributed by atoms with van der Waals surface area (Å²) in [7, 11) is 0. The van der Waals surface area contributed by atoms with E-state index in [-0.39, 0.29) is 0 Å². The van der Waals surface area contributed by atoms with Crippen molar-refractivity contribution in [3.8, 4) is 11.4 Å². The molecule has 4 nitrogen and oxygen atoms in total. The Kier molecular flexibility index (Phi) is 2.70. The van der Waals surface area contributed by atoms with Crippen molar-refractivity contribution in [2.45, 2.75) is 13.0 Å². The highest BCUT2D eigenvalue weighted by molar-refractivity contribution is 7.71. The Morgan fingerprint density at radius 3 is 2.88 bits per heavy atom. The number of hydrogen-bond acceptors (Lipinski definition) is 4. The molecule has 0 radical (unpaired) electrons. The Morgan fingerprint density at radius 2 is 2.06 bits per heavy atom. The van der Waals surface area contributed by atoms with Crippen molar-refractivity contribution in [3.05, 3.63) is 40.4 Å². The first-order chi connectivity index (χ1) is 8.34. The second-order valence-electron chi connectivity index (χ2n) is 4.01. The van der Waals surface area contributed by atoms with E-state index in [4.69, 9.17) is 12.2 Å². The molecule has 1 aliphatic rings. The number of nitrogens with zero attached hydrogens (tertiary/aromatic N) is 2. The molecule has 0 saturated carbocycles. The van der Waals surface area contributed by atoms with Crippen LogP contribution in [0.2, 0.25) is 0 Å². The SMILES string of the molecule is S=c1nc(-c2ccncc2)[nH]c2c1CNCC2. The number of rotatable bonds is 1. The zero-order valence-electron chi connectivity index (χ0n) is 9.23. The molecule has 0 spiro atoms. The Bertz CT molecular complexity index is 591. The van der Waals surface area contributed by atoms with Crippen molar-refractivity contribution in [2.24, 2.45) is 0 Å². The van der Waals surface area contributed by atoms with Crippen LogP contribution in [-0.4, -0.2) is 21.5 Å². The minimum atomic E-state index is 0.692. The van der Waals surface area contributed by atoms with E-state index < -0.39 is 0 Å². The van der Waals surface area contributed by atoms with Crippen LogP contribution in [-0.2, 0) is 13.0 Å². The third kappa shape index (κ3) is 1.99. The molecule has 0 atom stereocenters. The maximum atomic E-state index is 5.34. The summed E-state index contributed by atoms with van der Waals surface area (Å²) in [6.45, 7) is 1.80. The first-order valence-electron chi connectivity index (χ1n) is 5.58. The van der Waals surface area contributed by atoms with Crippen LogP contribution in [0.5, 0.6) is 0 Å². The second-order valence-corrected chi connectivity index (χ2v) is 4.40. The fraction of sp³-hybridized carbons (Fsp3) is 0.250. The van der Waals surface area contributed by atoms with E-state index in [0.717, 1.165) is 36.5 Å². The van der Waals surface area contributed by atoms with Gasteiger partial charge in [-0.15, -0.1) is 0 Å². The third-order valence-corrected chi connectivity index (χ3v) is 3.25. The lowest BCUT2D eigenvalue weighted by Gasteiger charge is -2.17. The van der Waals surface area contributed by atoms with E-state index in [1.165, 1.54) is 5.69 Å². The number of aromatic nitrogens is 3. The first-order valence-corrected chi connectivity index (χ1v) is 5.98. The quantitative estimate of drug-likeness (QED) is 0.752. The molecule has 0 fully saturated rings. The molecule has 2 aromatic heterocycles. The van der Waals surface area contributed by atoms with Crippen molar-refractivity contribution in [3.63, 3.8) is 0 Å². The number of hydrogen-bond donors (Lipinski definition) is 2. The lowest BCUT2D eigenvalue weighted by atomic mass is 10.1. The summed E-state index contributed by atoms with van der Waals surface area (Å²) in [5, 5.41) is 3.30. The van der Waals surface area contributed by atoms with Crippen molar-refractivity contribution in [2.75, 3.05) is 6.54 Å². The Labute approximate surface area is 104 Å². The number of nitrogens with one attached hydrogen (secondary N) is 2. The fourth-order valence-electron chi connectivity index (χ4n) is 2.01. The van der Waals surface area contributed by atoms with E-state index in [9.17, 15) is 0 Å². The fourth-order valence-corrected chi connectivity index (χ4v) is 2.30. The molecule has 5 heteroatoms. The molecule has 0 amide bonds. The van der Waals surface area contributed by atoms with Crippen LogP contribution in [0.4, 0.5) is 0 Å². The predicted molar refractivity (Wildman–Crippen MR) is 68.1 cm³/mol. The number of aromatic amines is 1. The van der Waals surface area contributed by atoms with Gasteiger partial charge in [0.05, 0.1) is 0 Å². The van der Waals surface area contributed by atoms with Gasteiger partial charge in [0.25, 0.3) is 0 Å². The number of pyridine rings is 1. The topological polar surface area (TPSA) is 53.6 Å². The predicted octanol–water partition coefficient (Wildman–Crippen LogP) is 1.85. The van der Waals surface area contributed by atoms with Crippen LogP contribution in [0.1, 0.15) is 11.3 Å². The van der Waals surface area contributed by atoms with Gasteiger partial charge in [0.15, 0.2) is 0 Å². The molecule has 3 heterocycles. The minimum absolute atomic E-state index is 0.692. The van der Waals surface area contributed by atoms with Crippen LogP contribution < -0.4 is 5.32 Å². The molecular weight excluding hydrogens is 232 g/mol. The molecular formula is C12H12N4S. The Balaban J connectivity index is 2.14. The summed E-state index contributed by atoms with van der Waals surface area (Å²) in [6, 6.07) is 3.86. The molecule has 0 saturated heterocycles. The molecule has 3 rings (SSSR count). The summed E-state index contributed by atoms with van der Waals surface area (Å²) >= 11 is 5.34. The van der Waals surface area contributed by atoms with E-state index >= 15 is 0 Å². The average molecular weight is 244 g/mol. The van der Waals surface area contributed by atoms with Gasteiger partial charge in [-0.1, -0.05) is 12.2 Å². The van der Waals surface area contributed by atoms with Crippen LogP contribution in [0.15, 0.2) is 24.5 Å². The minimum Gasteiger partial charge on any atom is -0.343 e. The molecule has 86 valence electrons. The first kappa shape index (κ1) is 10.6. The maximum absolute atomic E-state index is 5.34. The van der Waals surface area contributed by atoms with Gasteiger partial charge < -0.3 is 10.3 Å². The van der Waals surface area contributed by atoms with Crippen molar-refractivity contribution in [1.29, 1.82) is 0 Å². The highest BCUT2D eigenvalue weighted by Crippen LogP contribution is 2.18. The van der Waals surface area contributed by atoms with Gasteiger partial charge >= 0.3 is 0 Å². The summed E-state index contributed by atoms with van der Waals surface area (Å²) in [5.41, 5.74) is 3.35. The molecule has 2 N–H and O–H groups in total.